The maximum atomic E-state index is 10.5. The van der Waals surface area contributed by atoms with E-state index in [9.17, 15) is 4.79 Å². The second-order valence-corrected chi connectivity index (χ2v) is 2.28. The molecule has 1 rings (SSSR count). The minimum atomic E-state index is 0.134. The second kappa shape index (κ2) is 2.80. The van der Waals surface area contributed by atoms with Gasteiger partial charge in [0.15, 0.2) is 0 Å². The van der Waals surface area contributed by atoms with Crippen molar-refractivity contribution < 1.29 is 4.79 Å². The van der Waals surface area contributed by atoms with Gasteiger partial charge in [0, 0.05) is 19.5 Å². The molecule has 0 aromatic rings. The first kappa shape index (κ1) is 6.51. The third kappa shape index (κ3) is 1.65. The predicted octanol–water partition coefficient (Wildman–Crippen LogP) is -1.41. The van der Waals surface area contributed by atoms with Crippen molar-refractivity contribution >= 4 is 5.91 Å². The van der Waals surface area contributed by atoms with Crippen molar-refractivity contribution in [3.8, 4) is 0 Å². The van der Waals surface area contributed by atoms with Crippen molar-refractivity contribution in [2.24, 2.45) is 11.8 Å². The fourth-order valence-electron chi connectivity index (χ4n) is 0.976. The third-order valence-corrected chi connectivity index (χ3v) is 1.47. The van der Waals surface area contributed by atoms with Crippen molar-refractivity contribution in [3.63, 3.8) is 0 Å². The summed E-state index contributed by atoms with van der Waals surface area (Å²) < 4.78 is 0. The number of carbonyl (C=O) groups excluding carboxylic acids is 1. The molecule has 0 aromatic heterocycles. The third-order valence-electron chi connectivity index (χ3n) is 1.47. The average Bonchev–Trinajstić information content (AvgIpc) is 2.17. The lowest BCUT2D eigenvalue weighted by Crippen LogP contribution is -2.29. The van der Waals surface area contributed by atoms with Gasteiger partial charge in [-0.25, -0.2) is 0 Å². The lowest BCUT2D eigenvalue weighted by Gasteiger charge is -2.02. The van der Waals surface area contributed by atoms with Gasteiger partial charge in [-0.05, 0) is 5.92 Å². The van der Waals surface area contributed by atoms with Crippen LogP contribution in [0.5, 0.6) is 0 Å². The Bertz CT molecular complexity index is 115. The summed E-state index contributed by atoms with van der Waals surface area (Å²) in [4.78, 5) is 10.5. The van der Waals surface area contributed by atoms with Gasteiger partial charge < -0.3 is 5.32 Å². The van der Waals surface area contributed by atoms with Crippen LogP contribution in [0.4, 0.5) is 0 Å². The molecular formula is C5H11N3O. The summed E-state index contributed by atoms with van der Waals surface area (Å²) in [5.74, 6) is 5.59. The average molecular weight is 129 g/mol. The minimum Gasteiger partial charge on any atom is -0.356 e. The Kier molecular flexibility index (Phi) is 2.02. The molecule has 0 aromatic carbocycles. The molecule has 1 atom stereocenters. The van der Waals surface area contributed by atoms with E-state index in [0.717, 1.165) is 13.1 Å². The summed E-state index contributed by atoms with van der Waals surface area (Å²) in [5.41, 5.74) is 2.54. The fourth-order valence-corrected chi connectivity index (χ4v) is 0.976. The highest BCUT2D eigenvalue weighted by Gasteiger charge is 2.19. The maximum Gasteiger partial charge on any atom is 0.220 e. The zero-order chi connectivity index (χ0) is 6.69. The highest BCUT2D eigenvalue weighted by atomic mass is 16.1. The molecule has 1 aliphatic rings. The standard InChI is InChI=1S/C5H11N3O/c6-8-3-4-1-5(9)7-2-4/h4,8H,1-3,6H2,(H,7,9)/t4-/m1/s1. The molecule has 0 radical (unpaired) electrons. The number of hydrogen-bond acceptors (Lipinski definition) is 3. The molecule has 52 valence electrons. The first-order valence-corrected chi connectivity index (χ1v) is 3.03. The van der Waals surface area contributed by atoms with E-state index in [0.29, 0.717) is 12.3 Å². The van der Waals surface area contributed by atoms with Gasteiger partial charge in [0.05, 0.1) is 0 Å². The zero-order valence-corrected chi connectivity index (χ0v) is 5.18. The van der Waals surface area contributed by atoms with Crippen LogP contribution in [-0.4, -0.2) is 19.0 Å². The Labute approximate surface area is 53.8 Å². The molecule has 4 N–H and O–H groups in total. The Morgan fingerprint density at radius 2 is 2.67 bits per heavy atom. The molecule has 0 spiro atoms. The van der Waals surface area contributed by atoms with E-state index in [4.69, 9.17) is 5.84 Å². The summed E-state index contributed by atoms with van der Waals surface area (Å²) in [7, 11) is 0. The SMILES string of the molecule is NNC[C@H]1CNC(=O)C1. The van der Waals surface area contributed by atoms with Crippen molar-refractivity contribution in [1.82, 2.24) is 10.7 Å². The van der Waals surface area contributed by atoms with Gasteiger partial charge in [0.1, 0.15) is 0 Å². The molecule has 1 fully saturated rings. The van der Waals surface area contributed by atoms with Crippen LogP contribution in [0.1, 0.15) is 6.42 Å². The van der Waals surface area contributed by atoms with Gasteiger partial charge in [0.25, 0.3) is 0 Å². The Hall–Kier alpha value is -0.610. The largest absolute Gasteiger partial charge is 0.356 e. The molecule has 0 saturated carbocycles. The molecule has 0 unspecified atom stereocenters. The zero-order valence-electron chi connectivity index (χ0n) is 5.18. The van der Waals surface area contributed by atoms with Crippen molar-refractivity contribution in [2.45, 2.75) is 6.42 Å². The van der Waals surface area contributed by atoms with E-state index >= 15 is 0 Å². The minimum absolute atomic E-state index is 0.134. The summed E-state index contributed by atoms with van der Waals surface area (Å²) in [6.45, 7) is 1.49. The highest BCUT2D eigenvalue weighted by Crippen LogP contribution is 2.05. The molecule has 1 amide bonds. The molecular weight excluding hydrogens is 118 g/mol. The molecule has 1 heterocycles. The fraction of sp³-hybridized carbons (Fsp3) is 0.800. The normalized spacial score (nSPS) is 26.3. The van der Waals surface area contributed by atoms with E-state index in [1.54, 1.807) is 0 Å². The van der Waals surface area contributed by atoms with Gasteiger partial charge in [-0.15, -0.1) is 0 Å². The van der Waals surface area contributed by atoms with E-state index in [1.165, 1.54) is 0 Å². The van der Waals surface area contributed by atoms with Crippen LogP contribution < -0.4 is 16.6 Å². The van der Waals surface area contributed by atoms with Crippen LogP contribution in [0.2, 0.25) is 0 Å². The summed E-state index contributed by atoms with van der Waals surface area (Å²) >= 11 is 0. The van der Waals surface area contributed by atoms with Crippen LogP contribution in [0.3, 0.4) is 0 Å². The molecule has 0 bridgehead atoms. The summed E-state index contributed by atoms with van der Waals surface area (Å²) in [6, 6.07) is 0. The lowest BCUT2D eigenvalue weighted by atomic mass is 10.1. The van der Waals surface area contributed by atoms with Gasteiger partial charge in [-0.3, -0.25) is 16.1 Å². The quantitative estimate of drug-likeness (QED) is 0.317. The maximum absolute atomic E-state index is 10.5. The molecule has 9 heavy (non-hydrogen) atoms. The first-order chi connectivity index (χ1) is 4.33. The van der Waals surface area contributed by atoms with Gasteiger partial charge in [-0.2, -0.15) is 0 Å². The summed E-state index contributed by atoms with van der Waals surface area (Å²) in [5, 5.41) is 2.72. The number of hydrogen-bond donors (Lipinski definition) is 3. The monoisotopic (exact) mass is 129 g/mol. The van der Waals surface area contributed by atoms with E-state index in [-0.39, 0.29) is 5.91 Å². The van der Waals surface area contributed by atoms with Gasteiger partial charge in [-0.1, -0.05) is 0 Å². The van der Waals surface area contributed by atoms with Crippen LogP contribution in [0, 0.1) is 5.92 Å². The van der Waals surface area contributed by atoms with Crippen molar-refractivity contribution in [2.75, 3.05) is 13.1 Å². The van der Waals surface area contributed by atoms with Crippen LogP contribution in [0.25, 0.3) is 0 Å². The number of rotatable bonds is 2. The van der Waals surface area contributed by atoms with Gasteiger partial charge in [0.2, 0.25) is 5.91 Å². The molecule has 1 aliphatic heterocycles. The van der Waals surface area contributed by atoms with Crippen molar-refractivity contribution in [3.05, 3.63) is 0 Å². The predicted molar refractivity (Wildman–Crippen MR) is 33.3 cm³/mol. The van der Waals surface area contributed by atoms with E-state index < -0.39 is 0 Å². The Morgan fingerprint density at radius 1 is 1.89 bits per heavy atom. The second-order valence-electron chi connectivity index (χ2n) is 2.28. The molecule has 4 nitrogen and oxygen atoms in total. The van der Waals surface area contributed by atoms with Gasteiger partial charge >= 0.3 is 0 Å². The molecule has 4 heteroatoms. The number of amides is 1. The smallest absolute Gasteiger partial charge is 0.220 e. The van der Waals surface area contributed by atoms with Crippen LogP contribution in [0.15, 0.2) is 0 Å². The number of nitrogens with two attached hydrogens (primary N) is 1. The molecule has 1 saturated heterocycles. The highest BCUT2D eigenvalue weighted by molar-refractivity contribution is 5.78. The van der Waals surface area contributed by atoms with Crippen molar-refractivity contribution in [1.29, 1.82) is 0 Å². The van der Waals surface area contributed by atoms with E-state index in [2.05, 4.69) is 10.7 Å². The summed E-state index contributed by atoms with van der Waals surface area (Å²) in [6.07, 6.45) is 0.615. The number of hydrazine groups is 1. The first-order valence-electron chi connectivity index (χ1n) is 3.03. The topological polar surface area (TPSA) is 67.2 Å². The lowest BCUT2D eigenvalue weighted by molar-refractivity contribution is -0.119. The number of carbonyl (C=O) groups is 1. The van der Waals surface area contributed by atoms with Crippen LogP contribution in [-0.2, 0) is 4.79 Å². The number of nitrogens with one attached hydrogen (secondary N) is 2. The molecule has 0 aliphatic carbocycles. The van der Waals surface area contributed by atoms with E-state index in [1.807, 2.05) is 0 Å². The Morgan fingerprint density at radius 3 is 3.11 bits per heavy atom. The van der Waals surface area contributed by atoms with Crippen LogP contribution >= 0.6 is 0 Å². The Balaban J connectivity index is 2.22.